The van der Waals surface area contributed by atoms with E-state index in [9.17, 15) is 9.59 Å². The van der Waals surface area contributed by atoms with Crippen LogP contribution in [0.4, 0.5) is 4.79 Å². The fourth-order valence-corrected chi connectivity index (χ4v) is 1.85. The Bertz CT molecular complexity index is 260. The van der Waals surface area contributed by atoms with E-state index in [1.54, 1.807) is 0 Å². The Balaban J connectivity index is 2.39. The van der Waals surface area contributed by atoms with Gasteiger partial charge >= 0.3 is 6.03 Å². The molecule has 0 heterocycles. The predicted molar refractivity (Wildman–Crippen MR) is 58.9 cm³/mol. The average molecular weight is 233 g/mol. The van der Waals surface area contributed by atoms with Gasteiger partial charge in [0, 0.05) is 5.54 Å². The predicted octanol–water partition coefficient (Wildman–Crippen LogP) is 1.77. The van der Waals surface area contributed by atoms with E-state index in [4.69, 9.17) is 11.6 Å². The monoisotopic (exact) mass is 232 g/mol. The van der Waals surface area contributed by atoms with Crippen molar-refractivity contribution in [3.8, 4) is 0 Å². The molecule has 4 nitrogen and oxygen atoms in total. The van der Waals surface area contributed by atoms with E-state index in [1.807, 2.05) is 6.92 Å². The van der Waals surface area contributed by atoms with Crippen molar-refractivity contribution >= 4 is 23.5 Å². The first-order chi connectivity index (χ1) is 6.93. The lowest BCUT2D eigenvalue weighted by Gasteiger charge is -2.25. The van der Waals surface area contributed by atoms with E-state index >= 15 is 0 Å². The van der Waals surface area contributed by atoms with Crippen molar-refractivity contribution in [1.29, 1.82) is 0 Å². The molecular formula is C10H17ClN2O2. The van der Waals surface area contributed by atoms with Crippen molar-refractivity contribution in [3.05, 3.63) is 0 Å². The van der Waals surface area contributed by atoms with Crippen LogP contribution in [0.3, 0.4) is 0 Å². The molecule has 2 N–H and O–H groups in total. The molecule has 0 spiro atoms. The van der Waals surface area contributed by atoms with Crippen LogP contribution >= 0.6 is 11.6 Å². The molecule has 0 aromatic rings. The second kappa shape index (κ2) is 4.84. The summed E-state index contributed by atoms with van der Waals surface area (Å²) >= 11 is 5.53. The molecule has 1 aliphatic rings. The third-order valence-electron chi connectivity index (χ3n) is 2.72. The van der Waals surface area contributed by atoms with Gasteiger partial charge < -0.3 is 5.32 Å². The molecule has 1 fully saturated rings. The molecule has 0 radical (unpaired) electrons. The van der Waals surface area contributed by atoms with E-state index in [0.717, 1.165) is 25.7 Å². The molecule has 0 aromatic heterocycles. The number of alkyl halides is 1. The number of nitrogens with one attached hydrogen (secondary N) is 2. The summed E-state index contributed by atoms with van der Waals surface area (Å²) in [7, 11) is 0. The van der Waals surface area contributed by atoms with Crippen molar-refractivity contribution in [2.45, 2.75) is 50.4 Å². The standard InChI is InChI=1S/C10H17ClN2O2/c1-7(11)8(14)12-9(15)13-10(2)5-3-4-6-10/h7H,3-6H2,1-2H3,(H2,12,13,14,15). The van der Waals surface area contributed by atoms with Crippen molar-refractivity contribution in [2.75, 3.05) is 0 Å². The number of amides is 3. The topological polar surface area (TPSA) is 58.2 Å². The van der Waals surface area contributed by atoms with Crippen LogP contribution < -0.4 is 10.6 Å². The molecule has 86 valence electrons. The number of carbonyl (C=O) groups excluding carboxylic acids is 2. The minimum absolute atomic E-state index is 0.167. The lowest BCUT2D eigenvalue weighted by Crippen LogP contribution is -2.51. The van der Waals surface area contributed by atoms with Crippen molar-refractivity contribution in [2.24, 2.45) is 0 Å². The maximum absolute atomic E-state index is 11.4. The molecule has 1 rings (SSSR count). The Labute approximate surface area is 94.7 Å². The minimum Gasteiger partial charge on any atom is -0.333 e. The quantitative estimate of drug-likeness (QED) is 0.713. The second-order valence-corrected chi connectivity index (χ2v) is 4.98. The number of carbonyl (C=O) groups is 2. The number of halogens is 1. The van der Waals surface area contributed by atoms with Gasteiger partial charge in [0.15, 0.2) is 0 Å². The van der Waals surface area contributed by atoms with E-state index in [-0.39, 0.29) is 5.54 Å². The summed E-state index contributed by atoms with van der Waals surface area (Å²) in [6.45, 7) is 3.52. The Kier molecular flexibility index (Phi) is 3.97. The molecule has 5 heteroatoms. The molecule has 0 saturated heterocycles. The van der Waals surface area contributed by atoms with Gasteiger partial charge in [-0.3, -0.25) is 10.1 Å². The first-order valence-electron chi connectivity index (χ1n) is 5.20. The van der Waals surface area contributed by atoms with Crippen LogP contribution in [-0.4, -0.2) is 22.9 Å². The summed E-state index contributed by atoms with van der Waals surface area (Å²) in [5.41, 5.74) is -0.167. The van der Waals surface area contributed by atoms with E-state index in [0.29, 0.717) is 0 Å². The maximum atomic E-state index is 11.4. The zero-order valence-electron chi connectivity index (χ0n) is 9.10. The summed E-state index contributed by atoms with van der Waals surface area (Å²) < 4.78 is 0. The molecule has 1 unspecified atom stereocenters. The lowest BCUT2D eigenvalue weighted by molar-refractivity contribution is -0.119. The molecule has 0 aliphatic heterocycles. The second-order valence-electron chi connectivity index (χ2n) is 4.33. The highest BCUT2D eigenvalue weighted by Gasteiger charge is 2.30. The number of urea groups is 1. The third kappa shape index (κ3) is 3.70. The zero-order chi connectivity index (χ0) is 11.5. The van der Waals surface area contributed by atoms with Crippen molar-refractivity contribution in [3.63, 3.8) is 0 Å². The molecule has 15 heavy (non-hydrogen) atoms. The Hall–Kier alpha value is -0.770. The molecule has 1 aliphatic carbocycles. The fraction of sp³-hybridized carbons (Fsp3) is 0.800. The molecule has 0 bridgehead atoms. The Morgan fingerprint density at radius 1 is 1.33 bits per heavy atom. The lowest BCUT2D eigenvalue weighted by atomic mass is 10.0. The highest BCUT2D eigenvalue weighted by molar-refractivity contribution is 6.31. The SMILES string of the molecule is CC(Cl)C(=O)NC(=O)NC1(C)CCCC1. The number of rotatable bonds is 2. The van der Waals surface area contributed by atoms with E-state index in [2.05, 4.69) is 10.6 Å². The number of hydrogen-bond donors (Lipinski definition) is 2. The van der Waals surface area contributed by atoms with Crippen molar-refractivity contribution in [1.82, 2.24) is 10.6 Å². The van der Waals surface area contributed by atoms with Crippen LogP contribution in [0.15, 0.2) is 0 Å². The van der Waals surface area contributed by atoms with Gasteiger partial charge in [0.05, 0.1) is 0 Å². The van der Waals surface area contributed by atoms with Gasteiger partial charge in [-0.25, -0.2) is 4.79 Å². The largest absolute Gasteiger partial charge is 0.333 e. The molecule has 0 aromatic carbocycles. The third-order valence-corrected chi connectivity index (χ3v) is 2.92. The van der Waals surface area contributed by atoms with Crippen LogP contribution in [-0.2, 0) is 4.79 Å². The molecule has 1 saturated carbocycles. The van der Waals surface area contributed by atoms with E-state index < -0.39 is 17.3 Å². The van der Waals surface area contributed by atoms with Gasteiger partial charge in [-0.05, 0) is 26.7 Å². The molecule has 1 atom stereocenters. The Morgan fingerprint density at radius 2 is 1.87 bits per heavy atom. The van der Waals surface area contributed by atoms with E-state index in [1.165, 1.54) is 6.92 Å². The number of hydrogen-bond acceptors (Lipinski definition) is 2. The van der Waals surface area contributed by atoms with Crippen LogP contribution in [0.25, 0.3) is 0 Å². The zero-order valence-corrected chi connectivity index (χ0v) is 9.86. The molecule has 3 amide bonds. The summed E-state index contributed by atoms with van der Waals surface area (Å²) in [6.07, 6.45) is 4.17. The van der Waals surface area contributed by atoms with Gasteiger partial charge in [-0.1, -0.05) is 12.8 Å². The highest BCUT2D eigenvalue weighted by Crippen LogP contribution is 2.28. The molecular weight excluding hydrogens is 216 g/mol. The van der Waals surface area contributed by atoms with Crippen LogP contribution in [0.5, 0.6) is 0 Å². The van der Waals surface area contributed by atoms with Crippen molar-refractivity contribution < 1.29 is 9.59 Å². The maximum Gasteiger partial charge on any atom is 0.321 e. The number of imide groups is 1. The van der Waals surface area contributed by atoms with Gasteiger partial charge in [-0.15, -0.1) is 11.6 Å². The minimum atomic E-state index is -0.688. The first-order valence-corrected chi connectivity index (χ1v) is 5.64. The Morgan fingerprint density at radius 3 is 2.33 bits per heavy atom. The van der Waals surface area contributed by atoms with Crippen LogP contribution in [0.2, 0.25) is 0 Å². The highest BCUT2D eigenvalue weighted by atomic mass is 35.5. The normalized spacial score (nSPS) is 20.7. The summed E-state index contributed by atoms with van der Waals surface area (Å²) in [5.74, 6) is -0.462. The van der Waals surface area contributed by atoms with Gasteiger partial charge in [0.2, 0.25) is 5.91 Å². The van der Waals surface area contributed by atoms with Gasteiger partial charge in [0.1, 0.15) is 5.38 Å². The van der Waals surface area contributed by atoms with Crippen LogP contribution in [0.1, 0.15) is 39.5 Å². The van der Waals surface area contributed by atoms with Crippen LogP contribution in [0, 0.1) is 0 Å². The van der Waals surface area contributed by atoms with Gasteiger partial charge in [-0.2, -0.15) is 0 Å². The summed E-state index contributed by atoms with van der Waals surface area (Å²) in [4.78, 5) is 22.5. The first kappa shape index (κ1) is 12.3. The fourth-order valence-electron chi connectivity index (χ4n) is 1.80. The summed E-state index contributed by atoms with van der Waals surface area (Å²) in [6, 6.07) is -0.447. The average Bonchev–Trinajstić information content (AvgIpc) is 2.50. The smallest absolute Gasteiger partial charge is 0.321 e. The van der Waals surface area contributed by atoms with Gasteiger partial charge in [0.25, 0.3) is 0 Å². The summed E-state index contributed by atoms with van der Waals surface area (Å²) in [5, 5.41) is 4.33.